The molecular formula is HB2ClO6Zn3. The van der Waals surface area contributed by atoms with E-state index < -0.39 is 14.6 Å². The largest absolute Gasteiger partial charge is 2.00 e. The summed E-state index contributed by atoms with van der Waals surface area (Å²) in [6.07, 6.45) is 0. The summed E-state index contributed by atoms with van der Waals surface area (Å²) in [4.78, 5) is 0. The average Bonchev–Trinajstić information content (AvgIpc) is 1.25. The van der Waals surface area contributed by atoms with Crippen LogP contribution in [0.1, 0.15) is 0 Å². The fraction of sp³-hybridized carbons (Fsp3) is 0. The predicted molar refractivity (Wildman–Crippen MR) is 18.8 cm³/mol. The van der Waals surface area contributed by atoms with Crippen LogP contribution in [0.25, 0.3) is 0 Å². The molecule has 0 aliphatic carbocycles. The van der Waals surface area contributed by atoms with E-state index in [1.807, 2.05) is 0 Å². The first-order valence-electron chi connectivity index (χ1n) is 1.41. The Morgan fingerprint density at radius 3 is 0.500 bits per heavy atom. The molecule has 0 aliphatic heterocycles. The number of rotatable bonds is 0. The zero-order valence-electron chi connectivity index (χ0n) is 6.13. The van der Waals surface area contributed by atoms with Crippen LogP contribution in [-0.4, -0.2) is 14.6 Å². The maximum Gasteiger partial charge on any atom is 2.00 e. The third kappa shape index (κ3) is 350. The van der Waals surface area contributed by atoms with Gasteiger partial charge in [-0.15, -0.1) is 12.4 Å². The molecule has 0 heterocycles. The molecule has 0 fully saturated rings. The second-order valence-corrected chi connectivity index (χ2v) is 0.577. The van der Waals surface area contributed by atoms with Gasteiger partial charge in [-0.05, 0) is 0 Å². The molecule has 12 heteroatoms. The minimum absolute atomic E-state index is 0. The third-order valence-corrected chi connectivity index (χ3v) is 0. The summed E-state index contributed by atoms with van der Waals surface area (Å²) in [5, 5.41) is 50.5. The fourth-order valence-corrected chi connectivity index (χ4v) is 0. The first-order valence-corrected chi connectivity index (χ1v) is 1.41. The van der Waals surface area contributed by atoms with Gasteiger partial charge in [0.1, 0.15) is 0 Å². The van der Waals surface area contributed by atoms with Crippen molar-refractivity contribution in [3.63, 3.8) is 0 Å². The molecule has 0 saturated heterocycles. The Hall–Kier alpha value is 2.05. The van der Waals surface area contributed by atoms with Crippen molar-refractivity contribution in [2.45, 2.75) is 0 Å². The standard InChI is InChI=1S/2BO3.ClH.3Zn/c2*2-1(3)4;;;;/h;;1H;;;/q2*-3;;3*+2. The van der Waals surface area contributed by atoms with E-state index in [9.17, 15) is 0 Å². The van der Waals surface area contributed by atoms with E-state index in [-0.39, 0.29) is 70.8 Å². The summed E-state index contributed by atoms with van der Waals surface area (Å²) in [7, 11) is -5.83. The molecule has 0 unspecified atom stereocenters. The summed E-state index contributed by atoms with van der Waals surface area (Å²) in [5.41, 5.74) is 0. The molecule has 0 radical (unpaired) electrons. The van der Waals surface area contributed by atoms with Gasteiger partial charge in [-0.25, -0.2) is 0 Å². The molecule has 0 aromatic rings. The SMILES string of the molecule is Cl.[O-]B([O-])[O-].[O-]B([O-])[O-].[Zn+2].[Zn+2].[Zn+2]. The van der Waals surface area contributed by atoms with Crippen molar-refractivity contribution in [2.75, 3.05) is 0 Å². The maximum absolute atomic E-state index is 8.42. The van der Waals surface area contributed by atoms with Crippen LogP contribution in [0.2, 0.25) is 0 Å². The molecule has 0 spiro atoms. The second-order valence-electron chi connectivity index (χ2n) is 0.577. The average molecular weight is 350 g/mol. The molecule has 0 amide bonds. The van der Waals surface area contributed by atoms with E-state index in [4.69, 9.17) is 30.1 Å². The Morgan fingerprint density at radius 1 is 0.500 bits per heavy atom. The van der Waals surface area contributed by atoms with Gasteiger partial charge in [0.25, 0.3) is 0 Å². The number of halogens is 1. The van der Waals surface area contributed by atoms with Crippen molar-refractivity contribution in [2.24, 2.45) is 0 Å². The van der Waals surface area contributed by atoms with Crippen molar-refractivity contribution in [1.29, 1.82) is 0 Å². The van der Waals surface area contributed by atoms with Crippen molar-refractivity contribution in [3.8, 4) is 0 Å². The van der Waals surface area contributed by atoms with E-state index in [2.05, 4.69) is 0 Å². The Bertz CT molecular complexity index is 36.3. The van der Waals surface area contributed by atoms with E-state index in [0.717, 1.165) is 0 Å². The Kier molecular flexibility index (Phi) is 90.0. The Morgan fingerprint density at radius 2 is 0.500 bits per heavy atom. The smallest absolute Gasteiger partial charge is 0.907 e. The van der Waals surface area contributed by atoms with Crippen molar-refractivity contribution < 1.29 is 88.6 Å². The van der Waals surface area contributed by atoms with Crippen LogP contribution in [-0.2, 0) is 58.4 Å². The van der Waals surface area contributed by atoms with E-state index >= 15 is 0 Å². The fourth-order valence-electron chi connectivity index (χ4n) is 0. The van der Waals surface area contributed by atoms with Crippen LogP contribution < -0.4 is 30.1 Å². The molecule has 0 rings (SSSR count). The zero-order valence-corrected chi connectivity index (χ0v) is 15.9. The molecule has 0 bridgehead atoms. The second kappa shape index (κ2) is 29.2. The Labute approximate surface area is 115 Å². The molecule has 0 aromatic carbocycles. The van der Waals surface area contributed by atoms with Gasteiger partial charge >= 0.3 is 58.4 Å². The number of hydrogen-bond acceptors (Lipinski definition) is 6. The molecule has 0 saturated carbocycles. The Balaban J connectivity index is -0.0000000112. The first kappa shape index (κ1) is 36.9. The van der Waals surface area contributed by atoms with Crippen LogP contribution in [0.3, 0.4) is 0 Å². The van der Waals surface area contributed by atoms with Gasteiger partial charge in [0, 0.05) is 0 Å². The van der Waals surface area contributed by atoms with Crippen LogP contribution in [0.4, 0.5) is 0 Å². The van der Waals surface area contributed by atoms with Crippen LogP contribution in [0.5, 0.6) is 0 Å². The summed E-state index contributed by atoms with van der Waals surface area (Å²) in [6.45, 7) is 0. The van der Waals surface area contributed by atoms with Gasteiger partial charge < -0.3 is 30.1 Å². The molecule has 6 nitrogen and oxygen atoms in total. The van der Waals surface area contributed by atoms with Gasteiger partial charge in [0.15, 0.2) is 0 Å². The topological polar surface area (TPSA) is 138 Å². The van der Waals surface area contributed by atoms with E-state index in [1.165, 1.54) is 0 Å². The number of hydrogen-bond donors (Lipinski definition) is 0. The van der Waals surface area contributed by atoms with Crippen LogP contribution >= 0.6 is 12.4 Å². The van der Waals surface area contributed by atoms with Crippen LogP contribution in [0, 0.1) is 0 Å². The molecule has 12 heavy (non-hydrogen) atoms. The molecule has 0 aliphatic rings. The quantitative estimate of drug-likeness (QED) is 0.398. The maximum atomic E-state index is 8.42. The minimum Gasteiger partial charge on any atom is -0.907 e. The van der Waals surface area contributed by atoms with Gasteiger partial charge in [0.2, 0.25) is 0 Å². The predicted octanol–water partition coefficient (Wildman–Crippen LogP) is -7.48. The van der Waals surface area contributed by atoms with Crippen molar-refractivity contribution >= 4 is 27.0 Å². The summed E-state index contributed by atoms with van der Waals surface area (Å²) in [6, 6.07) is 0. The molecule has 56 valence electrons. The van der Waals surface area contributed by atoms with Crippen molar-refractivity contribution in [1.82, 2.24) is 0 Å². The molecule has 0 atom stereocenters. The zero-order chi connectivity index (χ0) is 7.15. The molecule has 0 N–H and O–H groups in total. The summed E-state index contributed by atoms with van der Waals surface area (Å²) >= 11 is 0. The normalized spacial score (nSPS) is 4.50. The summed E-state index contributed by atoms with van der Waals surface area (Å²) in [5.74, 6) is 0. The first-order chi connectivity index (χ1) is 3.46. The van der Waals surface area contributed by atoms with Crippen LogP contribution in [0.15, 0.2) is 0 Å². The van der Waals surface area contributed by atoms with Gasteiger partial charge in [-0.1, -0.05) is 0 Å². The third-order valence-electron chi connectivity index (χ3n) is 0. The minimum atomic E-state index is -2.92. The van der Waals surface area contributed by atoms with Crippen molar-refractivity contribution in [3.05, 3.63) is 0 Å². The van der Waals surface area contributed by atoms with Gasteiger partial charge in [-0.3, -0.25) is 14.6 Å². The van der Waals surface area contributed by atoms with E-state index in [0.29, 0.717) is 0 Å². The summed E-state index contributed by atoms with van der Waals surface area (Å²) < 4.78 is 0. The monoisotopic (exact) mass is 346 g/mol. The van der Waals surface area contributed by atoms with E-state index in [1.54, 1.807) is 0 Å². The van der Waals surface area contributed by atoms with Gasteiger partial charge in [0.05, 0.1) is 0 Å². The molecular weight excluding hydrogens is 349 g/mol. The van der Waals surface area contributed by atoms with Gasteiger partial charge in [-0.2, -0.15) is 0 Å². The molecule has 0 aromatic heterocycles.